The predicted octanol–water partition coefficient (Wildman–Crippen LogP) is 5.89. The van der Waals surface area contributed by atoms with E-state index < -0.39 is 9.85 Å². The highest BCUT2D eigenvalue weighted by Crippen LogP contribution is 2.14. The summed E-state index contributed by atoms with van der Waals surface area (Å²) >= 11 is 5.38. The van der Waals surface area contributed by atoms with Gasteiger partial charge in [-0.2, -0.15) is 0 Å². The minimum Gasteiger partial charge on any atom is -0.475 e. The molecular formula is C25H37ClN6O7. The lowest BCUT2D eigenvalue weighted by Gasteiger charge is -2.07. The Labute approximate surface area is 233 Å². The highest BCUT2D eigenvalue weighted by molar-refractivity contribution is 6.29. The van der Waals surface area contributed by atoms with E-state index in [0.29, 0.717) is 17.4 Å². The average molecular weight is 569 g/mol. The van der Waals surface area contributed by atoms with Gasteiger partial charge in [0.05, 0.1) is 33.9 Å². The Balaban J connectivity index is 0. The van der Waals surface area contributed by atoms with E-state index in [0.717, 1.165) is 6.20 Å². The summed E-state index contributed by atoms with van der Waals surface area (Å²) in [6.45, 7) is 11.1. The smallest absolute Gasteiger partial charge is 0.287 e. The normalized spacial score (nSPS) is 9.51. The number of nitrogen functional groups attached to an aromatic ring is 1. The van der Waals surface area contributed by atoms with Gasteiger partial charge in [0.15, 0.2) is 0 Å². The molecule has 0 unspecified atom stereocenters. The third-order valence-electron chi connectivity index (χ3n) is 3.33. The number of nitro groups is 2. The van der Waals surface area contributed by atoms with Crippen LogP contribution in [0.15, 0.2) is 55.0 Å². The van der Waals surface area contributed by atoms with Crippen LogP contribution in [-0.4, -0.2) is 48.2 Å². The van der Waals surface area contributed by atoms with Crippen molar-refractivity contribution >= 4 is 28.7 Å². The number of nitrogens with zero attached hydrogens (tertiary/aromatic N) is 5. The summed E-state index contributed by atoms with van der Waals surface area (Å²) in [7, 11) is 0. The molecule has 0 aliphatic heterocycles. The number of nitrogens with two attached hydrogens (primary N) is 1. The molecule has 0 aliphatic rings. The molecule has 0 aromatic carbocycles. The van der Waals surface area contributed by atoms with E-state index in [4.69, 9.17) is 31.9 Å². The average Bonchev–Trinajstić information content (AvgIpc) is 2.81. The molecule has 0 radical (unpaired) electrons. The minimum absolute atomic E-state index is 0. The predicted molar refractivity (Wildman–Crippen MR) is 151 cm³/mol. The minimum atomic E-state index is -0.524. The van der Waals surface area contributed by atoms with Crippen molar-refractivity contribution in [3.8, 4) is 11.8 Å². The van der Waals surface area contributed by atoms with Crippen molar-refractivity contribution in [2.24, 2.45) is 0 Å². The SMILES string of the molecule is C.CC(C)O.CC(C)Oc1ccc(N)cn1.CC(C)Oc1ccc([N+](=O)[O-])cn1.O=[N+]([O-])c1ccc(Cl)nc1. The van der Waals surface area contributed by atoms with Gasteiger partial charge in [0.25, 0.3) is 11.4 Å². The topological polar surface area (TPSA) is 190 Å². The molecule has 0 bridgehead atoms. The highest BCUT2D eigenvalue weighted by atomic mass is 35.5. The molecule has 0 aliphatic carbocycles. The second-order valence-corrected chi connectivity index (χ2v) is 8.45. The number of aliphatic hydroxyl groups excluding tert-OH is 1. The third kappa shape index (κ3) is 19.6. The van der Waals surface area contributed by atoms with Crippen LogP contribution >= 0.6 is 11.6 Å². The van der Waals surface area contributed by atoms with Crippen LogP contribution in [0.1, 0.15) is 49.0 Å². The zero-order valence-corrected chi connectivity index (χ0v) is 22.8. The molecular weight excluding hydrogens is 532 g/mol. The summed E-state index contributed by atoms with van der Waals surface area (Å²) in [4.78, 5) is 30.5. The Kier molecular flexibility index (Phi) is 18.9. The fraction of sp³-hybridized carbons (Fsp3) is 0.400. The summed E-state index contributed by atoms with van der Waals surface area (Å²) in [5, 5.41) is 28.6. The summed E-state index contributed by atoms with van der Waals surface area (Å²) in [6, 6.07) is 9.05. The van der Waals surface area contributed by atoms with E-state index in [2.05, 4.69) is 15.0 Å². The fourth-order valence-corrected chi connectivity index (χ4v) is 2.08. The molecule has 0 saturated carbocycles. The van der Waals surface area contributed by atoms with Gasteiger partial charge in [-0.1, -0.05) is 19.0 Å². The van der Waals surface area contributed by atoms with Crippen molar-refractivity contribution in [1.82, 2.24) is 15.0 Å². The fourth-order valence-electron chi connectivity index (χ4n) is 1.97. The van der Waals surface area contributed by atoms with Crippen LogP contribution in [0.4, 0.5) is 17.1 Å². The maximum absolute atomic E-state index is 10.3. The van der Waals surface area contributed by atoms with Crippen LogP contribution in [0.2, 0.25) is 5.15 Å². The van der Waals surface area contributed by atoms with Crippen molar-refractivity contribution in [3.63, 3.8) is 0 Å². The van der Waals surface area contributed by atoms with E-state index in [1.807, 2.05) is 27.7 Å². The first-order chi connectivity index (χ1) is 17.7. The van der Waals surface area contributed by atoms with E-state index in [1.165, 1.54) is 30.5 Å². The van der Waals surface area contributed by atoms with Crippen molar-refractivity contribution in [2.75, 3.05) is 5.73 Å². The molecule has 0 spiro atoms. The number of aromatic nitrogens is 3. The summed E-state index contributed by atoms with van der Waals surface area (Å²) in [5.74, 6) is 1.02. The third-order valence-corrected chi connectivity index (χ3v) is 3.55. The second-order valence-electron chi connectivity index (χ2n) is 8.06. The van der Waals surface area contributed by atoms with Gasteiger partial charge in [-0.05, 0) is 53.7 Å². The van der Waals surface area contributed by atoms with Gasteiger partial charge in [-0.15, -0.1) is 0 Å². The lowest BCUT2D eigenvalue weighted by molar-refractivity contribution is -0.385. The van der Waals surface area contributed by atoms with Crippen LogP contribution < -0.4 is 15.2 Å². The lowest BCUT2D eigenvalue weighted by Crippen LogP contribution is -2.06. The number of halogens is 1. The number of aliphatic hydroxyl groups is 1. The van der Waals surface area contributed by atoms with Gasteiger partial charge >= 0.3 is 0 Å². The largest absolute Gasteiger partial charge is 0.475 e. The first kappa shape index (κ1) is 37.1. The summed E-state index contributed by atoms with van der Waals surface area (Å²) < 4.78 is 10.5. The number of hydrogen-bond acceptors (Lipinski definition) is 11. The number of anilines is 1. The number of ether oxygens (including phenoxy) is 2. The zero-order valence-electron chi connectivity index (χ0n) is 22.0. The van der Waals surface area contributed by atoms with Gasteiger partial charge in [-0.25, -0.2) is 15.0 Å². The monoisotopic (exact) mass is 568 g/mol. The molecule has 0 saturated heterocycles. The number of hydrogen-bond donors (Lipinski definition) is 2. The van der Waals surface area contributed by atoms with E-state index in [1.54, 1.807) is 32.2 Å². The molecule has 14 heteroatoms. The molecule has 3 heterocycles. The molecule has 3 aromatic heterocycles. The van der Waals surface area contributed by atoms with E-state index in [9.17, 15) is 20.2 Å². The van der Waals surface area contributed by atoms with Crippen molar-refractivity contribution in [3.05, 3.63) is 80.4 Å². The van der Waals surface area contributed by atoms with Crippen LogP contribution in [0.3, 0.4) is 0 Å². The first-order valence-electron chi connectivity index (χ1n) is 11.3. The van der Waals surface area contributed by atoms with Crippen LogP contribution in [0.25, 0.3) is 0 Å². The van der Waals surface area contributed by atoms with Gasteiger partial charge < -0.3 is 20.3 Å². The molecule has 0 atom stereocenters. The molecule has 39 heavy (non-hydrogen) atoms. The Morgan fingerprint density at radius 3 is 1.44 bits per heavy atom. The molecule has 0 amide bonds. The Morgan fingerprint density at radius 1 is 0.769 bits per heavy atom. The molecule has 0 fully saturated rings. The molecule has 13 nitrogen and oxygen atoms in total. The van der Waals surface area contributed by atoms with Crippen molar-refractivity contribution in [2.45, 2.75) is 67.3 Å². The Bertz CT molecular complexity index is 1080. The Hall–Kier alpha value is -4.10. The standard InChI is InChI=1S/C8H10N2O3.C8H12N2O.C5H3ClN2O2.C3H8O.CH4/c1-6(2)13-8-4-3-7(5-9-8)10(11)12;1-6(2)11-8-4-3-7(9)5-10-8;6-5-2-1-4(3-7-5)8(9)10;1-3(2)4;/h3-6H,1-2H3;3-6H,9H2,1-2H3;1-3H;3-4H,1-2H3;1H4. The summed E-state index contributed by atoms with van der Waals surface area (Å²) in [5.41, 5.74) is 6.01. The maximum atomic E-state index is 10.3. The second kappa shape index (κ2) is 19.9. The van der Waals surface area contributed by atoms with Gasteiger partial charge in [0.1, 0.15) is 17.5 Å². The Morgan fingerprint density at radius 2 is 1.15 bits per heavy atom. The van der Waals surface area contributed by atoms with Crippen molar-refractivity contribution in [1.29, 1.82) is 0 Å². The van der Waals surface area contributed by atoms with E-state index >= 15 is 0 Å². The number of rotatable bonds is 6. The van der Waals surface area contributed by atoms with Crippen LogP contribution in [-0.2, 0) is 0 Å². The van der Waals surface area contributed by atoms with Gasteiger partial charge in [-0.3, -0.25) is 20.2 Å². The van der Waals surface area contributed by atoms with Crippen LogP contribution in [0, 0.1) is 20.2 Å². The van der Waals surface area contributed by atoms with Crippen LogP contribution in [0.5, 0.6) is 11.8 Å². The first-order valence-corrected chi connectivity index (χ1v) is 11.7. The molecule has 3 rings (SSSR count). The maximum Gasteiger partial charge on any atom is 0.287 e. The highest BCUT2D eigenvalue weighted by Gasteiger charge is 2.06. The number of pyridine rings is 3. The molecule has 3 aromatic rings. The molecule has 3 N–H and O–H groups in total. The van der Waals surface area contributed by atoms with Crippen molar-refractivity contribution < 1.29 is 24.4 Å². The van der Waals surface area contributed by atoms with Gasteiger partial charge in [0, 0.05) is 30.4 Å². The van der Waals surface area contributed by atoms with Gasteiger partial charge in [0.2, 0.25) is 11.8 Å². The summed E-state index contributed by atoms with van der Waals surface area (Å²) in [6.07, 6.45) is 3.89. The van der Waals surface area contributed by atoms with E-state index in [-0.39, 0.29) is 42.3 Å². The molecule has 216 valence electrons. The lowest BCUT2D eigenvalue weighted by atomic mass is 10.4. The quantitative estimate of drug-likeness (QED) is 0.204. The zero-order chi connectivity index (χ0) is 29.3.